The third-order valence-electron chi connectivity index (χ3n) is 1.62. The Kier molecular flexibility index (Phi) is 3.17. The van der Waals surface area contributed by atoms with Crippen LogP contribution in [0.3, 0.4) is 0 Å². The van der Waals surface area contributed by atoms with Crippen LogP contribution in [0.1, 0.15) is 11.1 Å². The summed E-state index contributed by atoms with van der Waals surface area (Å²) in [6.45, 7) is 0. The van der Waals surface area contributed by atoms with E-state index in [9.17, 15) is 18.3 Å². The second-order valence-electron chi connectivity index (χ2n) is 2.70. The van der Waals surface area contributed by atoms with Crippen molar-refractivity contribution < 1.29 is 23.0 Å². The lowest BCUT2D eigenvalue weighted by Crippen LogP contribution is -2.07. The predicted octanol–water partition coefficient (Wildman–Crippen LogP) is 1.70. The minimum atomic E-state index is -4.42. The molecule has 0 saturated carbocycles. The fourth-order valence-corrected chi connectivity index (χ4v) is 0.942. The molecule has 1 aromatic carbocycles. The van der Waals surface area contributed by atoms with E-state index in [0.29, 0.717) is 0 Å². The van der Waals surface area contributed by atoms with Crippen molar-refractivity contribution in [1.29, 1.82) is 0 Å². The molecule has 0 unspecified atom stereocenters. The molecule has 0 aliphatic rings. The van der Waals surface area contributed by atoms with Crippen LogP contribution in [0, 0.1) is 6.08 Å². The van der Waals surface area contributed by atoms with Gasteiger partial charge in [-0.15, -0.1) is 0 Å². The van der Waals surface area contributed by atoms with E-state index in [4.69, 9.17) is 0 Å². The van der Waals surface area contributed by atoms with Crippen molar-refractivity contribution in [3.8, 4) is 0 Å². The SMILES string of the molecule is COC([O-])=[C+]c1cccc(C(F)(F)F)c1. The molecule has 0 fully saturated rings. The molecule has 80 valence electrons. The van der Waals surface area contributed by atoms with Gasteiger partial charge in [0.15, 0.2) is 11.5 Å². The first-order valence-corrected chi connectivity index (χ1v) is 3.95. The molecule has 1 rings (SSSR count). The smallest absolute Gasteiger partial charge is 0.428 e. The van der Waals surface area contributed by atoms with E-state index < -0.39 is 17.7 Å². The molecule has 0 aromatic heterocycles. The van der Waals surface area contributed by atoms with Gasteiger partial charge in [-0.2, -0.15) is 13.2 Å². The van der Waals surface area contributed by atoms with E-state index in [1.54, 1.807) is 0 Å². The van der Waals surface area contributed by atoms with Crippen LogP contribution in [0.4, 0.5) is 13.2 Å². The van der Waals surface area contributed by atoms with Gasteiger partial charge < -0.3 is 9.84 Å². The second kappa shape index (κ2) is 4.19. The monoisotopic (exact) mass is 216 g/mol. The molecule has 5 heteroatoms. The molecule has 0 aliphatic heterocycles. The largest absolute Gasteiger partial charge is 0.601 e. The van der Waals surface area contributed by atoms with Gasteiger partial charge in [-0.3, -0.25) is 0 Å². The van der Waals surface area contributed by atoms with Gasteiger partial charge in [-0.1, -0.05) is 0 Å². The first-order chi connectivity index (χ1) is 6.93. The van der Waals surface area contributed by atoms with E-state index in [2.05, 4.69) is 10.8 Å². The number of hydrogen-bond acceptors (Lipinski definition) is 2. The van der Waals surface area contributed by atoms with Crippen LogP contribution in [0.15, 0.2) is 30.2 Å². The van der Waals surface area contributed by atoms with E-state index in [1.807, 2.05) is 0 Å². The Balaban J connectivity index is 3.04. The quantitative estimate of drug-likeness (QED) is 0.556. The van der Waals surface area contributed by atoms with E-state index in [-0.39, 0.29) is 5.56 Å². The zero-order valence-corrected chi connectivity index (χ0v) is 7.76. The fraction of sp³-hybridized carbons (Fsp3) is 0.200. The summed E-state index contributed by atoms with van der Waals surface area (Å²) in [4.78, 5) is 0. The number of rotatable bonds is 2. The normalized spacial score (nSPS) is 12.1. The summed E-state index contributed by atoms with van der Waals surface area (Å²) in [5.74, 6) is -0.811. The molecule has 0 aliphatic carbocycles. The maximum Gasteiger partial charge on any atom is 0.428 e. The lowest BCUT2D eigenvalue weighted by molar-refractivity contribution is -0.354. The third kappa shape index (κ3) is 3.14. The molecule has 1 aromatic rings. The first kappa shape index (κ1) is 11.3. The number of benzene rings is 1. The Hall–Kier alpha value is -1.74. The highest BCUT2D eigenvalue weighted by Crippen LogP contribution is 2.29. The molecule has 0 spiro atoms. The van der Waals surface area contributed by atoms with Crippen molar-refractivity contribution in [1.82, 2.24) is 0 Å². The second-order valence-corrected chi connectivity index (χ2v) is 2.70. The Labute approximate surface area is 84.6 Å². The number of ether oxygens (including phenoxy) is 1. The van der Waals surface area contributed by atoms with Gasteiger partial charge in [0.05, 0.1) is 18.2 Å². The topological polar surface area (TPSA) is 32.3 Å². The van der Waals surface area contributed by atoms with Crippen LogP contribution in [0.5, 0.6) is 0 Å². The van der Waals surface area contributed by atoms with Crippen molar-refractivity contribution in [2.24, 2.45) is 0 Å². The average Bonchev–Trinajstić information content (AvgIpc) is 2.17. The molecule has 0 saturated heterocycles. The highest BCUT2D eigenvalue weighted by atomic mass is 19.4. The zero-order valence-electron chi connectivity index (χ0n) is 7.76. The minimum Gasteiger partial charge on any atom is -0.601 e. The lowest BCUT2D eigenvalue weighted by atomic mass is 10.1. The predicted molar refractivity (Wildman–Crippen MR) is 44.3 cm³/mol. The van der Waals surface area contributed by atoms with Gasteiger partial charge in [-0.05, 0) is 19.2 Å². The van der Waals surface area contributed by atoms with Gasteiger partial charge in [0.1, 0.15) is 5.56 Å². The molecule has 0 N–H and O–H groups in total. The lowest BCUT2D eigenvalue weighted by Gasteiger charge is -2.03. The highest BCUT2D eigenvalue weighted by Gasteiger charge is 2.33. The first-order valence-electron chi connectivity index (χ1n) is 3.95. The fourth-order valence-electron chi connectivity index (χ4n) is 0.942. The van der Waals surface area contributed by atoms with Crippen LogP contribution < -0.4 is 5.11 Å². The summed E-state index contributed by atoms with van der Waals surface area (Å²) >= 11 is 0. The van der Waals surface area contributed by atoms with Gasteiger partial charge in [0.25, 0.3) is 0 Å². The Morgan fingerprint density at radius 3 is 2.60 bits per heavy atom. The van der Waals surface area contributed by atoms with Crippen molar-refractivity contribution in [2.75, 3.05) is 7.11 Å². The van der Waals surface area contributed by atoms with Crippen LogP contribution >= 0.6 is 0 Å². The third-order valence-corrected chi connectivity index (χ3v) is 1.62. The summed E-state index contributed by atoms with van der Waals surface area (Å²) in [5.41, 5.74) is -0.784. The summed E-state index contributed by atoms with van der Waals surface area (Å²) in [6.07, 6.45) is -2.28. The number of methoxy groups -OCH3 is 1. The maximum atomic E-state index is 12.2. The van der Waals surface area contributed by atoms with Gasteiger partial charge in [0, 0.05) is 0 Å². The van der Waals surface area contributed by atoms with Gasteiger partial charge in [-0.25, -0.2) is 0 Å². The van der Waals surface area contributed by atoms with Gasteiger partial charge >= 0.3 is 6.18 Å². The molecular weight excluding hydrogens is 209 g/mol. The summed E-state index contributed by atoms with van der Waals surface area (Å²) in [6, 6.07) is 4.29. The summed E-state index contributed by atoms with van der Waals surface area (Å²) < 4.78 is 41.0. The number of alkyl halides is 3. The summed E-state index contributed by atoms with van der Waals surface area (Å²) in [7, 11) is 1.13. The number of hydrogen-bond donors (Lipinski definition) is 0. The van der Waals surface area contributed by atoms with E-state index in [1.165, 1.54) is 12.1 Å². The standard InChI is InChI=1S/C10H7F3O2/c1-15-9(14)6-7-3-2-4-8(5-7)10(11,12)13/h2-5H,1H3. The molecule has 0 heterocycles. The molecule has 15 heavy (non-hydrogen) atoms. The Morgan fingerprint density at radius 1 is 1.40 bits per heavy atom. The van der Waals surface area contributed by atoms with Gasteiger partial charge in [0.2, 0.25) is 0 Å². The molecule has 0 bridgehead atoms. The summed E-state index contributed by atoms with van der Waals surface area (Å²) in [5, 5.41) is 10.7. The van der Waals surface area contributed by atoms with Crippen molar-refractivity contribution >= 4 is 0 Å². The van der Waals surface area contributed by atoms with Crippen molar-refractivity contribution in [3.63, 3.8) is 0 Å². The highest BCUT2D eigenvalue weighted by molar-refractivity contribution is 5.29. The zero-order chi connectivity index (χ0) is 11.5. The van der Waals surface area contributed by atoms with Crippen molar-refractivity contribution in [3.05, 3.63) is 47.4 Å². The minimum absolute atomic E-state index is 0.0386. The molecule has 0 atom stereocenters. The Bertz CT molecular complexity index is 369. The van der Waals surface area contributed by atoms with Crippen LogP contribution in [-0.4, -0.2) is 7.11 Å². The van der Waals surface area contributed by atoms with Crippen LogP contribution in [-0.2, 0) is 10.9 Å². The Morgan fingerprint density at radius 2 is 2.07 bits per heavy atom. The van der Waals surface area contributed by atoms with Crippen LogP contribution in [0.2, 0.25) is 0 Å². The molecular formula is C10H7F3O2. The van der Waals surface area contributed by atoms with Crippen molar-refractivity contribution in [2.45, 2.75) is 6.18 Å². The molecule has 0 amide bonds. The molecule has 0 radical (unpaired) electrons. The van der Waals surface area contributed by atoms with E-state index >= 15 is 0 Å². The maximum absolute atomic E-state index is 12.2. The van der Waals surface area contributed by atoms with E-state index in [0.717, 1.165) is 19.2 Å². The number of halogens is 3. The molecule has 2 nitrogen and oxygen atoms in total. The van der Waals surface area contributed by atoms with Crippen LogP contribution in [0.25, 0.3) is 0 Å². The average molecular weight is 216 g/mol.